The lowest BCUT2D eigenvalue weighted by Gasteiger charge is -2.23. The summed E-state index contributed by atoms with van der Waals surface area (Å²) >= 11 is 0. The number of para-hydroxylation sites is 1. The molecule has 1 fully saturated rings. The van der Waals surface area contributed by atoms with Crippen LogP contribution in [0.3, 0.4) is 0 Å². The lowest BCUT2D eigenvalue weighted by Crippen LogP contribution is -2.38. The van der Waals surface area contributed by atoms with Crippen molar-refractivity contribution in [2.24, 2.45) is 11.8 Å². The molecule has 1 N–H and O–H groups in total. The maximum atomic E-state index is 12.9. The maximum Gasteiger partial charge on any atom is 0.231 e. The molecule has 5 nitrogen and oxygen atoms in total. The van der Waals surface area contributed by atoms with E-state index in [9.17, 15) is 9.59 Å². The largest absolute Gasteiger partial charge is 0.467 e. The van der Waals surface area contributed by atoms with Gasteiger partial charge in [0.15, 0.2) is 0 Å². The highest BCUT2D eigenvalue weighted by Crippen LogP contribution is 2.43. The Morgan fingerprint density at radius 1 is 1.21 bits per heavy atom. The normalized spacial score (nSPS) is 24.5. The molecule has 124 valence electrons. The van der Waals surface area contributed by atoms with Crippen LogP contribution in [0.25, 0.3) is 0 Å². The Morgan fingerprint density at radius 2 is 2.04 bits per heavy atom. The van der Waals surface area contributed by atoms with Gasteiger partial charge in [0.1, 0.15) is 5.76 Å². The fourth-order valence-corrected chi connectivity index (χ4v) is 3.56. The van der Waals surface area contributed by atoms with Crippen LogP contribution in [0.4, 0.5) is 5.69 Å². The van der Waals surface area contributed by atoms with Crippen LogP contribution >= 0.6 is 0 Å². The Balaban J connectivity index is 1.39. The van der Waals surface area contributed by atoms with Crippen LogP contribution < -0.4 is 10.2 Å². The number of hydrogen-bond acceptors (Lipinski definition) is 3. The summed E-state index contributed by atoms with van der Waals surface area (Å²) < 4.78 is 5.20. The van der Waals surface area contributed by atoms with Crippen molar-refractivity contribution < 1.29 is 14.0 Å². The zero-order valence-corrected chi connectivity index (χ0v) is 13.6. The Labute approximate surface area is 140 Å². The molecule has 2 aliphatic rings. The van der Waals surface area contributed by atoms with Gasteiger partial charge in [-0.05, 0) is 43.5 Å². The smallest absolute Gasteiger partial charge is 0.231 e. The number of amides is 2. The highest BCUT2D eigenvalue weighted by molar-refractivity contribution is 6.02. The zero-order chi connectivity index (χ0) is 16.7. The average Bonchev–Trinajstić information content (AvgIpc) is 3.07. The van der Waals surface area contributed by atoms with Crippen LogP contribution in [0.2, 0.25) is 0 Å². The van der Waals surface area contributed by atoms with Crippen molar-refractivity contribution >= 4 is 17.5 Å². The van der Waals surface area contributed by atoms with Crippen LogP contribution in [-0.4, -0.2) is 17.9 Å². The predicted octanol–water partition coefficient (Wildman–Crippen LogP) is 2.51. The number of nitrogens with one attached hydrogen (secondary N) is 1. The topological polar surface area (TPSA) is 62.6 Å². The standard InChI is InChI=1S/C19H20N2O3/c1-12-9-13-5-2-3-7-17(13)21(12)19(23)16-10-15(16)18(22)20-11-14-6-4-8-24-14/h2-8,12,15-16H,9-11H2,1H3,(H,20,22). The Hall–Kier alpha value is -2.56. The van der Waals surface area contributed by atoms with Crippen molar-refractivity contribution in [1.29, 1.82) is 0 Å². The third kappa shape index (κ3) is 2.60. The van der Waals surface area contributed by atoms with E-state index in [0.717, 1.165) is 12.1 Å². The highest BCUT2D eigenvalue weighted by atomic mass is 16.3. The Kier molecular flexibility index (Phi) is 3.63. The number of anilines is 1. The van der Waals surface area contributed by atoms with Crippen molar-refractivity contribution in [2.45, 2.75) is 32.4 Å². The molecule has 1 saturated carbocycles. The number of furan rings is 1. The molecule has 1 aromatic carbocycles. The number of carbonyl (C=O) groups excluding carboxylic acids is 2. The molecule has 3 atom stereocenters. The molecule has 24 heavy (non-hydrogen) atoms. The van der Waals surface area contributed by atoms with Gasteiger partial charge in [-0.1, -0.05) is 18.2 Å². The lowest BCUT2D eigenvalue weighted by molar-refractivity contribution is -0.126. The fourth-order valence-electron chi connectivity index (χ4n) is 3.56. The SMILES string of the molecule is CC1Cc2ccccc2N1C(=O)C1CC1C(=O)NCc1ccco1. The molecular weight excluding hydrogens is 304 g/mol. The second-order valence-electron chi connectivity index (χ2n) is 6.64. The summed E-state index contributed by atoms with van der Waals surface area (Å²) in [5.74, 6) is 0.312. The summed E-state index contributed by atoms with van der Waals surface area (Å²) in [4.78, 5) is 27.0. The third-order valence-corrected chi connectivity index (χ3v) is 4.91. The average molecular weight is 324 g/mol. The van der Waals surface area contributed by atoms with Gasteiger partial charge in [0.25, 0.3) is 0 Å². The van der Waals surface area contributed by atoms with E-state index < -0.39 is 0 Å². The first-order valence-electron chi connectivity index (χ1n) is 8.36. The summed E-state index contributed by atoms with van der Waals surface area (Å²) in [6.07, 6.45) is 3.09. The predicted molar refractivity (Wildman–Crippen MR) is 89.2 cm³/mol. The third-order valence-electron chi connectivity index (χ3n) is 4.91. The second-order valence-corrected chi connectivity index (χ2v) is 6.64. The number of carbonyl (C=O) groups is 2. The van der Waals surface area contributed by atoms with Gasteiger partial charge >= 0.3 is 0 Å². The molecule has 0 bridgehead atoms. The Morgan fingerprint density at radius 3 is 2.83 bits per heavy atom. The molecule has 0 saturated heterocycles. The fraction of sp³-hybridized carbons (Fsp3) is 0.368. The van der Waals surface area contributed by atoms with Crippen LogP contribution in [0.1, 0.15) is 24.7 Å². The highest BCUT2D eigenvalue weighted by Gasteiger charge is 2.51. The van der Waals surface area contributed by atoms with Gasteiger partial charge < -0.3 is 14.6 Å². The number of fused-ring (bicyclic) bond motifs is 1. The number of hydrogen-bond donors (Lipinski definition) is 1. The van der Waals surface area contributed by atoms with Gasteiger partial charge in [-0.2, -0.15) is 0 Å². The summed E-state index contributed by atoms with van der Waals surface area (Å²) in [5, 5.41) is 2.85. The van der Waals surface area contributed by atoms with Crippen molar-refractivity contribution in [2.75, 3.05) is 4.90 Å². The number of nitrogens with zero attached hydrogens (tertiary/aromatic N) is 1. The van der Waals surface area contributed by atoms with Crippen molar-refractivity contribution in [1.82, 2.24) is 5.32 Å². The second kappa shape index (κ2) is 5.82. The molecule has 2 aromatic rings. The molecule has 2 heterocycles. The summed E-state index contributed by atoms with van der Waals surface area (Å²) in [5.41, 5.74) is 2.20. The quantitative estimate of drug-likeness (QED) is 0.940. The molecule has 5 heteroatoms. The van der Waals surface area contributed by atoms with E-state index in [0.29, 0.717) is 18.7 Å². The molecule has 1 aliphatic heterocycles. The lowest BCUT2D eigenvalue weighted by atomic mass is 10.1. The molecule has 1 aromatic heterocycles. The first-order chi connectivity index (χ1) is 11.6. The van der Waals surface area contributed by atoms with E-state index in [1.54, 1.807) is 12.3 Å². The van der Waals surface area contributed by atoms with Gasteiger partial charge in [0.2, 0.25) is 11.8 Å². The molecule has 4 rings (SSSR count). The minimum Gasteiger partial charge on any atom is -0.467 e. The van der Waals surface area contributed by atoms with E-state index in [4.69, 9.17) is 4.42 Å². The van der Waals surface area contributed by atoms with Gasteiger partial charge in [0.05, 0.1) is 24.6 Å². The van der Waals surface area contributed by atoms with E-state index in [2.05, 4.69) is 18.3 Å². The molecule has 0 spiro atoms. The summed E-state index contributed by atoms with van der Waals surface area (Å²) in [7, 11) is 0. The van der Waals surface area contributed by atoms with Crippen LogP contribution in [0.5, 0.6) is 0 Å². The van der Waals surface area contributed by atoms with Gasteiger partial charge in [-0.15, -0.1) is 0 Å². The zero-order valence-electron chi connectivity index (χ0n) is 13.6. The van der Waals surface area contributed by atoms with E-state index >= 15 is 0 Å². The first kappa shape index (κ1) is 15.0. The molecule has 1 aliphatic carbocycles. The van der Waals surface area contributed by atoms with Gasteiger partial charge in [-0.25, -0.2) is 0 Å². The maximum absolute atomic E-state index is 12.9. The van der Waals surface area contributed by atoms with Crippen LogP contribution in [0, 0.1) is 11.8 Å². The summed E-state index contributed by atoms with van der Waals surface area (Å²) in [6, 6.07) is 11.8. The van der Waals surface area contributed by atoms with Crippen LogP contribution in [-0.2, 0) is 22.6 Å². The Bertz CT molecular complexity index is 769. The minimum atomic E-state index is -0.215. The molecular formula is C19H20N2O3. The van der Waals surface area contributed by atoms with Crippen molar-refractivity contribution in [3.63, 3.8) is 0 Å². The molecule has 3 unspecified atom stereocenters. The van der Waals surface area contributed by atoms with E-state index in [-0.39, 0.29) is 29.7 Å². The van der Waals surface area contributed by atoms with E-state index in [1.165, 1.54) is 5.56 Å². The van der Waals surface area contributed by atoms with Crippen molar-refractivity contribution in [3.05, 3.63) is 54.0 Å². The van der Waals surface area contributed by atoms with Gasteiger partial charge in [-0.3, -0.25) is 9.59 Å². The monoisotopic (exact) mass is 324 g/mol. The van der Waals surface area contributed by atoms with Gasteiger partial charge in [0, 0.05) is 11.7 Å². The number of rotatable bonds is 4. The molecule has 2 amide bonds. The number of benzene rings is 1. The summed E-state index contributed by atoms with van der Waals surface area (Å²) in [6.45, 7) is 2.43. The van der Waals surface area contributed by atoms with E-state index in [1.807, 2.05) is 29.2 Å². The molecule has 0 radical (unpaired) electrons. The van der Waals surface area contributed by atoms with Crippen LogP contribution in [0.15, 0.2) is 47.1 Å². The minimum absolute atomic E-state index is 0.0649. The first-order valence-corrected chi connectivity index (χ1v) is 8.36. The van der Waals surface area contributed by atoms with Crippen molar-refractivity contribution in [3.8, 4) is 0 Å².